The Morgan fingerprint density at radius 3 is 2.34 bits per heavy atom. The van der Waals surface area contributed by atoms with E-state index in [1.165, 1.54) is 24.3 Å². The van der Waals surface area contributed by atoms with Gasteiger partial charge >= 0.3 is 0 Å². The number of thiol groups is 1. The fourth-order valence-corrected chi connectivity index (χ4v) is 4.73. The van der Waals surface area contributed by atoms with E-state index in [4.69, 9.17) is 4.74 Å². The van der Waals surface area contributed by atoms with Crippen LogP contribution in [0.2, 0.25) is 0 Å². The number of aliphatic hydroxyl groups excluding tert-OH is 3. The van der Waals surface area contributed by atoms with E-state index in [0.717, 1.165) is 17.8 Å². The highest BCUT2D eigenvalue weighted by Crippen LogP contribution is 2.52. The maximum atomic E-state index is 11.0. The quantitative estimate of drug-likeness (QED) is 0.245. The van der Waals surface area contributed by atoms with E-state index in [1.807, 2.05) is 0 Å². The minimum atomic E-state index is -1.22. The molecule has 2 aromatic rings. The molecule has 0 bridgehead atoms. The summed E-state index contributed by atoms with van der Waals surface area (Å²) in [6.45, 7) is 0. The Kier molecular flexibility index (Phi) is 6.59. The molecule has 0 fully saturated rings. The molecule has 29 heavy (non-hydrogen) atoms. The van der Waals surface area contributed by atoms with Gasteiger partial charge in [0.05, 0.1) is 23.0 Å². The number of aliphatic hydroxyl groups is 3. The third kappa shape index (κ3) is 4.46. The van der Waals surface area contributed by atoms with Gasteiger partial charge in [0.25, 0.3) is 0 Å². The van der Waals surface area contributed by atoms with Crippen molar-refractivity contribution in [3.8, 4) is 28.7 Å². The van der Waals surface area contributed by atoms with Crippen LogP contribution in [0.15, 0.2) is 30.3 Å². The number of hydrogen-bond donors (Lipinski definition) is 8. The first kappa shape index (κ1) is 21.7. The number of fused-ring (bicyclic) bond motifs is 1. The van der Waals surface area contributed by atoms with Crippen LogP contribution < -0.4 is 4.74 Å². The summed E-state index contributed by atoms with van der Waals surface area (Å²) in [4.78, 5) is 0. The second-order valence-electron chi connectivity index (χ2n) is 6.73. The van der Waals surface area contributed by atoms with Crippen molar-refractivity contribution in [2.24, 2.45) is 0 Å². The van der Waals surface area contributed by atoms with E-state index in [2.05, 4.69) is 12.6 Å². The van der Waals surface area contributed by atoms with Crippen molar-refractivity contribution in [1.29, 1.82) is 0 Å². The highest BCUT2D eigenvalue weighted by molar-refractivity contribution is 7.99. The van der Waals surface area contributed by atoms with E-state index >= 15 is 0 Å². The van der Waals surface area contributed by atoms with Crippen molar-refractivity contribution < 1.29 is 40.5 Å². The predicted octanol–water partition coefficient (Wildman–Crippen LogP) is 1.43. The zero-order chi connectivity index (χ0) is 21.3. The van der Waals surface area contributed by atoms with Crippen molar-refractivity contribution in [3.63, 3.8) is 0 Å². The van der Waals surface area contributed by atoms with Crippen LogP contribution >= 0.6 is 24.4 Å². The molecule has 0 saturated heterocycles. The average molecular weight is 443 g/mol. The number of thioether (sulfide) groups is 1. The van der Waals surface area contributed by atoms with Crippen LogP contribution in [0.3, 0.4) is 0 Å². The average Bonchev–Trinajstić information content (AvgIpc) is 2.68. The van der Waals surface area contributed by atoms with Crippen LogP contribution in [-0.4, -0.2) is 65.6 Å². The fraction of sp³-hybridized carbons (Fsp3) is 0.368. The maximum absolute atomic E-state index is 11.0. The number of hydrogen-bond acceptors (Lipinski definition) is 10. The summed E-state index contributed by atoms with van der Waals surface area (Å²) in [6, 6.07) is 6.38. The van der Waals surface area contributed by atoms with Crippen LogP contribution in [-0.2, 0) is 0 Å². The van der Waals surface area contributed by atoms with Gasteiger partial charge in [0.15, 0.2) is 17.6 Å². The number of phenols is 4. The van der Waals surface area contributed by atoms with E-state index in [0.29, 0.717) is 5.56 Å². The van der Waals surface area contributed by atoms with E-state index in [-0.39, 0.29) is 45.8 Å². The van der Waals surface area contributed by atoms with E-state index in [9.17, 15) is 35.7 Å². The minimum absolute atomic E-state index is 0.0384. The van der Waals surface area contributed by atoms with Gasteiger partial charge in [-0.15, -0.1) is 11.8 Å². The SMILES string of the molecule is Oc1cc(O)c2c(c1)O[C@H](c1ccc(O)c(O)c1)[C@H](O)[C@H]2SC[C@@H](O)[C@H](O)CS. The molecule has 0 aromatic heterocycles. The molecule has 158 valence electrons. The van der Waals surface area contributed by atoms with Crippen LogP contribution in [0.1, 0.15) is 22.5 Å². The summed E-state index contributed by atoms with van der Waals surface area (Å²) < 4.78 is 5.79. The van der Waals surface area contributed by atoms with Crippen molar-refractivity contribution in [2.45, 2.75) is 29.7 Å². The third-order valence-corrected chi connectivity index (χ3v) is 6.45. The van der Waals surface area contributed by atoms with Gasteiger partial charge < -0.3 is 40.5 Å². The number of ether oxygens (including phenoxy) is 1. The van der Waals surface area contributed by atoms with Gasteiger partial charge in [-0.25, -0.2) is 0 Å². The number of benzene rings is 2. The second kappa shape index (κ2) is 8.80. The topological polar surface area (TPSA) is 151 Å². The second-order valence-corrected chi connectivity index (χ2v) is 8.26. The lowest BCUT2D eigenvalue weighted by Gasteiger charge is -2.37. The lowest BCUT2D eigenvalue weighted by molar-refractivity contribution is 0.0168. The summed E-state index contributed by atoms with van der Waals surface area (Å²) >= 11 is 5.04. The molecule has 7 N–H and O–H groups in total. The van der Waals surface area contributed by atoms with Crippen molar-refractivity contribution in [1.82, 2.24) is 0 Å². The van der Waals surface area contributed by atoms with Crippen molar-refractivity contribution >= 4 is 24.4 Å². The Morgan fingerprint density at radius 2 is 1.69 bits per heavy atom. The van der Waals surface area contributed by atoms with Crippen LogP contribution in [0.5, 0.6) is 28.7 Å². The smallest absolute Gasteiger partial charge is 0.157 e. The van der Waals surface area contributed by atoms with Gasteiger partial charge in [-0.1, -0.05) is 6.07 Å². The Morgan fingerprint density at radius 1 is 0.966 bits per heavy atom. The molecule has 1 heterocycles. The standard InChI is InChI=1S/C19H22O8S2/c20-9-4-12(23)16-15(5-9)27-18(8-1-2-10(21)11(22)3-8)17(26)19(16)29-7-14(25)13(24)6-28/h1-5,13-14,17-26,28H,6-7H2/t13-,14-,17+,18-,19+/m1/s1. The molecule has 10 heteroatoms. The number of rotatable bonds is 6. The lowest BCUT2D eigenvalue weighted by Crippen LogP contribution is -2.35. The van der Waals surface area contributed by atoms with Crippen LogP contribution in [0.25, 0.3) is 0 Å². The molecular weight excluding hydrogens is 420 g/mol. The Labute approximate surface area is 176 Å². The molecule has 1 aliphatic heterocycles. The van der Waals surface area contributed by atoms with Gasteiger partial charge in [0.2, 0.25) is 0 Å². The maximum Gasteiger partial charge on any atom is 0.157 e. The minimum Gasteiger partial charge on any atom is -0.508 e. The molecule has 0 unspecified atom stereocenters. The summed E-state index contributed by atoms with van der Waals surface area (Å²) in [5.74, 6) is -1.01. The van der Waals surface area contributed by atoms with Crippen molar-refractivity contribution in [2.75, 3.05) is 11.5 Å². The van der Waals surface area contributed by atoms with Gasteiger partial charge in [-0.3, -0.25) is 0 Å². The Hall–Kier alpha value is -1.98. The molecule has 5 atom stereocenters. The Balaban J connectivity index is 1.97. The molecule has 2 aromatic carbocycles. The molecule has 0 amide bonds. The Bertz CT molecular complexity index is 878. The zero-order valence-electron chi connectivity index (χ0n) is 15.1. The van der Waals surface area contributed by atoms with Gasteiger partial charge in [0, 0.05) is 23.6 Å². The molecule has 3 rings (SSSR count). The first-order valence-corrected chi connectivity index (χ1v) is 10.4. The van der Waals surface area contributed by atoms with Crippen molar-refractivity contribution in [3.05, 3.63) is 41.5 Å². The third-order valence-electron chi connectivity index (χ3n) is 4.67. The lowest BCUT2D eigenvalue weighted by atomic mass is 9.93. The molecule has 8 nitrogen and oxygen atoms in total. The summed E-state index contributed by atoms with van der Waals surface area (Å²) in [5.41, 5.74) is 0.606. The normalized spacial score (nSPS) is 23.1. The van der Waals surface area contributed by atoms with Crippen LogP contribution in [0.4, 0.5) is 0 Å². The highest BCUT2D eigenvalue weighted by atomic mass is 32.2. The predicted molar refractivity (Wildman–Crippen MR) is 110 cm³/mol. The molecule has 0 radical (unpaired) electrons. The monoisotopic (exact) mass is 442 g/mol. The molecular formula is C19H22O8S2. The summed E-state index contributed by atoms with van der Waals surface area (Å²) in [7, 11) is 0. The molecule has 0 spiro atoms. The molecule has 1 aliphatic rings. The molecule has 0 saturated carbocycles. The van der Waals surface area contributed by atoms with E-state index in [1.54, 1.807) is 0 Å². The number of phenolic OH excluding ortho intramolecular Hbond substituents is 4. The zero-order valence-corrected chi connectivity index (χ0v) is 16.8. The van der Waals surface area contributed by atoms with E-state index < -0.39 is 29.7 Å². The first-order chi connectivity index (χ1) is 13.7. The summed E-state index contributed by atoms with van der Waals surface area (Å²) in [6.07, 6.45) is -4.36. The van der Waals surface area contributed by atoms with Crippen LogP contribution in [0, 0.1) is 0 Å². The van der Waals surface area contributed by atoms with Gasteiger partial charge in [-0.2, -0.15) is 12.6 Å². The molecule has 0 aliphatic carbocycles. The first-order valence-electron chi connectivity index (χ1n) is 8.74. The largest absolute Gasteiger partial charge is 0.508 e. The van der Waals surface area contributed by atoms with Gasteiger partial charge in [-0.05, 0) is 17.7 Å². The summed E-state index contributed by atoms with van der Waals surface area (Å²) in [5, 5.41) is 69.4. The number of aromatic hydroxyl groups is 4. The fourth-order valence-electron chi connectivity index (χ4n) is 3.12. The highest BCUT2D eigenvalue weighted by Gasteiger charge is 2.41. The van der Waals surface area contributed by atoms with Gasteiger partial charge in [0.1, 0.15) is 23.4 Å².